The molecule has 0 heterocycles. The van der Waals surface area contributed by atoms with E-state index in [-0.39, 0.29) is 11.8 Å². The van der Waals surface area contributed by atoms with Gasteiger partial charge in [0, 0.05) is 4.47 Å². The fourth-order valence-electron chi connectivity index (χ4n) is 2.10. The van der Waals surface area contributed by atoms with Crippen molar-refractivity contribution in [2.75, 3.05) is 5.32 Å². The third-order valence-electron chi connectivity index (χ3n) is 3.36. The number of anilines is 1. The molecule has 0 spiro atoms. The van der Waals surface area contributed by atoms with Gasteiger partial charge in [0.2, 0.25) is 0 Å². The average molecular weight is 365 g/mol. The van der Waals surface area contributed by atoms with Crippen LogP contribution in [0, 0.1) is 12.7 Å². The number of carbonyl (C=O) groups is 1. The number of hydrogen-bond donors (Lipinski definition) is 2. The van der Waals surface area contributed by atoms with E-state index >= 15 is 0 Å². The first-order chi connectivity index (χ1) is 10.3. The number of urea groups is 1. The van der Waals surface area contributed by atoms with E-state index in [0.29, 0.717) is 5.69 Å². The molecule has 0 fully saturated rings. The molecular weight excluding hydrogens is 347 g/mol. The molecule has 0 aromatic heterocycles. The molecule has 5 heteroatoms. The highest BCUT2D eigenvalue weighted by atomic mass is 79.9. The second kappa shape index (κ2) is 6.48. The molecule has 0 aliphatic carbocycles. The Morgan fingerprint density at radius 3 is 2.36 bits per heavy atom. The summed E-state index contributed by atoms with van der Waals surface area (Å²) >= 11 is 3.42. The lowest BCUT2D eigenvalue weighted by atomic mass is 9.94. The predicted octanol–water partition coefficient (Wildman–Crippen LogP) is 4.95. The minimum Gasteiger partial charge on any atom is -0.329 e. The van der Waals surface area contributed by atoms with E-state index in [1.54, 1.807) is 12.1 Å². The van der Waals surface area contributed by atoms with Crippen LogP contribution in [0.2, 0.25) is 0 Å². The highest BCUT2D eigenvalue weighted by molar-refractivity contribution is 9.10. The zero-order valence-corrected chi connectivity index (χ0v) is 14.3. The minimum absolute atomic E-state index is 0.299. The summed E-state index contributed by atoms with van der Waals surface area (Å²) in [6.07, 6.45) is 0. The first-order valence-electron chi connectivity index (χ1n) is 6.89. The highest BCUT2D eigenvalue weighted by Crippen LogP contribution is 2.24. The molecule has 0 saturated heterocycles. The topological polar surface area (TPSA) is 41.1 Å². The maximum atomic E-state index is 13.0. The second-order valence-electron chi connectivity index (χ2n) is 5.69. The molecular formula is C17H18BrFN2O. The summed E-state index contributed by atoms with van der Waals surface area (Å²) in [5, 5.41) is 5.69. The van der Waals surface area contributed by atoms with E-state index in [2.05, 4.69) is 26.6 Å². The lowest BCUT2D eigenvalue weighted by molar-refractivity contribution is 0.242. The van der Waals surface area contributed by atoms with Crippen LogP contribution in [0.5, 0.6) is 0 Å². The largest absolute Gasteiger partial charge is 0.329 e. The molecule has 0 bridgehead atoms. The van der Waals surface area contributed by atoms with Crippen molar-refractivity contribution in [2.45, 2.75) is 26.3 Å². The summed E-state index contributed by atoms with van der Waals surface area (Å²) in [5.41, 5.74) is 2.00. The van der Waals surface area contributed by atoms with Gasteiger partial charge in [-0.2, -0.15) is 0 Å². The standard InChI is InChI=1S/C17H18BrFN2O/c1-11-4-9-15(14(18)10-11)20-16(22)21-17(2,3)12-5-7-13(19)8-6-12/h4-10H,1-3H3,(H2,20,21,22). The van der Waals surface area contributed by atoms with Gasteiger partial charge in [-0.15, -0.1) is 0 Å². The Bertz CT molecular complexity index is 684. The number of aryl methyl sites for hydroxylation is 1. The van der Waals surface area contributed by atoms with Crippen LogP contribution in [-0.4, -0.2) is 6.03 Å². The van der Waals surface area contributed by atoms with Crippen molar-refractivity contribution in [2.24, 2.45) is 0 Å². The minimum atomic E-state index is -0.616. The monoisotopic (exact) mass is 364 g/mol. The summed E-state index contributed by atoms with van der Waals surface area (Å²) in [6, 6.07) is 11.5. The van der Waals surface area contributed by atoms with Crippen LogP contribution < -0.4 is 10.6 Å². The molecule has 0 radical (unpaired) electrons. The van der Waals surface area contributed by atoms with Crippen LogP contribution in [0.4, 0.5) is 14.9 Å². The average Bonchev–Trinajstić information content (AvgIpc) is 2.42. The number of hydrogen-bond acceptors (Lipinski definition) is 1. The predicted molar refractivity (Wildman–Crippen MR) is 90.5 cm³/mol. The van der Waals surface area contributed by atoms with Crippen LogP contribution >= 0.6 is 15.9 Å². The molecule has 116 valence electrons. The van der Waals surface area contributed by atoms with E-state index in [0.717, 1.165) is 15.6 Å². The number of nitrogens with one attached hydrogen (secondary N) is 2. The molecule has 3 nitrogen and oxygen atoms in total. The summed E-state index contributed by atoms with van der Waals surface area (Å²) in [6.45, 7) is 5.71. The van der Waals surface area contributed by atoms with Crippen molar-refractivity contribution in [3.8, 4) is 0 Å². The van der Waals surface area contributed by atoms with E-state index in [9.17, 15) is 9.18 Å². The van der Waals surface area contributed by atoms with Gasteiger partial charge in [0.05, 0.1) is 11.2 Å². The first kappa shape index (κ1) is 16.5. The van der Waals surface area contributed by atoms with Crippen molar-refractivity contribution in [3.63, 3.8) is 0 Å². The van der Waals surface area contributed by atoms with Crippen molar-refractivity contribution >= 4 is 27.6 Å². The van der Waals surface area contributed by atoms with E-state index < -0.39 is 5.54 Å². The molecule has 0 aliphatic heterocycles. The molecule has 2 N–H and O–H groups in total. The van der Waals surface area contributed by atoms with Gasteiger partial charge in [-0.25, -0.2) is 9.18 Å². The van der Waals surface area contributed by atoms with Crippen LogP contribution in [0.15, 0.2) is 46.9 Å². The Labute approximate surface area is 138 Å². The molecule has 2 rings (SSSR count). The number of benzene rings is 2. The Kier molecular flexibility index (Phi) is 4.86. The highest BCUT2D eigenvalue weighted by Gasteiger charge is 2.23. The van der Waals surface area contributed by atoms with Gasteiger partial charge in [0.15, 0.2) is 0 Å². The lowest BCUT2D eigenvalue weighted by Gasteiger charge is -2.27. The number of carbonyl (C=O) groups excluding carboxylic acids is 1. The van der Waals surface area contributed by atoms with Gasteiger partial charge < -0.3 is 10.6 Å². The van der Waals surface area contributed by atoms with Crippen molar-refractivity contribution in [1.29, 1.82) is 0 Å². The van der Waals surface area contributed by atoms with Crippen molar-refractivity contribution in [1.82, 2.24) is 5.32 Å². The van der Waals surface area contributed by atoms with Crippen LogP contribution in [0.25, 0.3) is 0 Å². The smallest absolute Gasteiger partial charge is 0.319 e. The second-order valence-corrected chi connectivity index (χ2v) is 6.55. The van der Waals surface area contributed by atoms with Gasteiger partial charge in [0.1, 0.15) is 5.82 Å². The zero-order valence-electron chi connectivity index (χ0n) is 12.7. The lowest BCUT2D eigenvalue weighted by Crippen LogP contribution is -2.43. The van der Waals surface area contributed by atoms with Gasteiger partial charge in [-0.1, -0.05) is 18.2 Å². The Morgan fingerprint density at radius 1 is 1.14 bits per heavy atom. The molecule has 0 saturated carbocycles. The maximum Gasteiger partial charge on any atom is 0.319 e. The first-order valence-corrected chi connectivity index (χ1v) is 7.68. The Hall–Kier alpha value is -1.88. The molecule has 2 amide bonds. The molecule has 0 aliphatic rings. The third-order valence-corrected chi connectivity index (χ3v) is 4.02. The summed E-state index contributed by atoms with van der Waals surface area (Å²) < 4.78 is 13.8. The van der Waals surface area contributed by atoms with E-state index in [1.165, 1.54) is 12.1 Å². The molecule has 0 unspecified atom stereocenters. The summed E-state index contributed by atoms with van der Waals surface area (Å²) in [7, 11) is 0. The maximum absolute atomic E-state index is 13.0. The summed E-state index contributed by atoms with van der Waals surface area (Å²) in [4.78, 5) is 12.2. The normalized spacial score (nSPS) is 11.1. The van der Waals surface area contributed by atoms with Crippen LogP contribution in [0.1, 0.15) is 25.0 Å². The fourth-order valence-corrected chi connectivity index (χ4v) is 2.69. The summed E-state index contributed by atoms with van der Waals surface area (Å²) in [5.74, 6) is -0.299. The molecule has 2 aromatic rings. The van der Waals surface area contributed by atoms with Crippen molar-refractivity contribution < 1.29 is 9.18 Å². The molecule has 2 aromatic carbocycles. The molecule has 0 atom stereocenters. The zero-order chi connectivity index (χ0) is 16.3. The van der Waals surface area contributed by atoms with Crippen LogP contribution in [0.3, 0.4) is 0 Å². The van der Waals surface area contributed by atoms with Gasteiger partial charge in [-0.05, 0) is 72.1 Å². The number of rotatable bonds is 3. The third kappa shape index (κ3) is 4.07. The quantitative estimate of drug-likeness (QED) is 0.794. The fraction of sp³-hybridized carbons (Fsp3) is 0.235. The SMILES string of the molecule is Cc1ccc(NC(=O)NC(C)(C)c2ccc(F)cc2)c(Br)c1. The Balaban J connectivity index is 2.08. The number of halogens is 2. The van der Waals surface area contributed by atoms with E-state index in [1.807, 2.05) is 39.0 Å². The van der Waals surface area contributed by atoms with Crippen LogP contribution in [-0.2, 0) is 5.54 Å². The van der Waals surface area contributed by atoms with E-state index in [4.69, 9.17) is 0 Å². The van der Waals surface area contributed by atoms with Gasteiger partial charge in [-0.3, -0.25) is 0 Å². The Morgan fingerprint density at radius 2 is 1.77 bits per heavy atom. The molecule has 22 heavy (non-hydrogen) atoms. The van der Waals surface area contributed by atoms with Gasteiger partial charge in [0.25, 0.3) is 0 Å². The van der Waals surface area contributed by atoms with Gasteiger partial charge >= 0.3 is 6.03 Å². The number of amides is 2. The van der Waals surface area contributed by atoms with Crippen molar-refractivity contribution in [3.05, 3.63) is 63.9 Å².